The van der Waals surface area contributed by atoms with Crippen molar-refractivity contribution in [3.63, 3.8) is 0 Å². The van der Waals surface area contributed by atoms with E-state index in [1.54, 1.807) is 14.0 Å². The number of methoxy groups -OCH3 is 1. The maximum absolute atomic E-state index is 11.8. The molecule has 2 unspecified atom stereocenters. The summed E-state index contributed by atoms with van der Waals surface area (Å²) in [6.45, 7) is 3.17. The zero-order valence-electron chi connectivity index (χ0n) is 9.32. The molecule has 4 nitrogen and oxygen atoms in total. The van der Waals surface area contributed by atoms with Crippen molar-refractivity contribution in [1.29, 1.82) is 0 Å². The highest BCUT2D eigenvalue weighted by Gasteiger charge is 2.30. The monoisotopic (exact) mass is 214 g/mol. The van der Waals surface area contributed by atoms with E-state index < -0.39 is 5.92 Å². The lowest BCUT2D eigenvalue weighted by Gasteiger charge is -2.12. The number of Topliss-reactive ketones (excluding diaryl/α,β-unsaturated/α-hetero) is 2. The molecule has 0 spiro atoms. The zero-order valence-corrected chi connectivity index (χ0v) is 9.32. The normalized spacial score (nSPS) is 22.7. The van der Waals surface area contributed by atoms with E-state index in [9.17, 15) is 9.59 Å². The summed E-state index contributed by atoms with van der Waals surface area (Å²) in [4.78, 5) is 23.4. The fourth-order valence-electron chi connectivity index (χ4n) is 1.69. The van der Waals surface area contributed by atoms with Gasteiger partial charge in [0.05, 0.1) is 19.1 Å². The Kier molecular flexibility index (Phi) is 4.91. The first-order valence-corrected chi connectivity index (χ1v) is 5.30. The van der Waals surface area contributed by atoms with Gasteiger partial charge in [0, 0.05) is 26.1 Å². The number of rotatable bonds is 6. The van der Waals surface area contributed by atoms with E-state index >= 15 is 0 Å². The first-order valence-electron chi connectivity index (χ1n) is 5.30. The summed E-state index contributed by atoms with van der Waals surface area (Å²) < 4.78 is 9.94. The van der Waals surface area contributed by atoms with Crippen LogP contribution in [-0.4, -0.2) is 38.5 Å². The molecule has 0 amide bonds. The molecule has 0 aromatic heterocycles. The van der Waals surface area contributed by atoms with E-state index in [1.807, 2.05) is 0 Å². The third-order valence-corrected chi connectivity index (χ3v) is 2.79. The van der Waals surface area contributed by atoms with Crippen LogP contribution >= 0.6 is 0 Å². The molecule has 0 radical (unpaired) electrons. The van der Waals surface area contributed by atoms with Gasteiger partial charge in [-0.2, -0.15) is 0 Å². The van der Waals surface area contributed by atoms with E-state index in [1.165, 1.54) is 0 Å². The summed E-state index contributed by atoms with van der Waals surface area (Å²) in [5, 5.41) is 0. The predicted molar refractivity (Wildman–Crippen MR) is 54.6 cm³/mol. The molecule has 0 N–H and O–H groups in total. The van der Waals surface area contributed by atoms with E-state index in [-0.39, 0.29) is 17.5 Å². The Labute approximate surface area is 89.9 Å². The summed E-state index contributed by atoms with van der Waals surface area (Å²) in [5.74, 6) is -0.597. The first kappa shape index (κ1) is 12.3. The second-order valence-electron chi connectivity index (χ2n) is 3.89. The van der Waals surface area contributed by atoms with Gasteiger partial charge in [-0.25, -0.2) is 0 Å². The minimum Gasteiger partial charge on any atom is -0.384 e. The Balaban J connectivity index is 2.40. The number of ether oxygens (including phenoxy) is 2. The standard InChI is InChI=1S/C11H18O4/c1-8(10(12)4-5-14-2)11(13)9-3-6-15-7-9/h8-9H,3-7H2,1-2H3. The molecule has 1 aliphatic heterocycles. The quantitative estimate of drug-likeness (QED) is 0.615. The third kappa shape index (κ3) is 3.39. The number of carbonyl (C=O) groups excluding carboxylic acids is 2. The Hall–Kier alpha value is -0.740. The number of ketones is 2. The van der Waals surface area contributed by atoms with Gasteiger partial charge < -0.3 is 9.47 Å². The van der Waals surface area contributed by atoms with Crippen LogP contribution in [0.2, 0.25) is 0 Å². The molecular weight excluding hydrogens is 196 g/mol. The van der Waals surface area contributed by atoms with Gasteiger partial charge in [0.2, 0.25) is 0 Å². The SMILES string of the molecule is COCCC(=O)C(C)C(=O)C1CCOC1. The van der Waals surface area contributed by atoms with Crippen LogP contribution in [0.1, 0.15) is 19.8 Å². The summed E-state index contributed by atoms with van der Waals surface area (Å²) >= 11 is 0. The Morgan fingerprint density at radius 1 is 1.53 bits per heavy atom. The van der Waals surface area contributed by atoms with E-state index in [2.05, 4.69) is 0 Å². The maximum atomic E-state index is 11.8. The van der Waals surface area contributed by atoms with Crippen molar-refractivity contribution >= 4 is 11.6 Å². The molecule has 15 heavy (non-hydrogen) atoms. The van der Waals surface area contributed by atoms with Crippen LogP contribution in [0.15, 0.2) is 0 Å². The number of carbonyl (C=O) groups is 2. The van der Waals surface area contributed by atoms with Crippen LogP contribution in [0.4, 0.5) is 0 Å². The van der Waals surface area contributed by atoms with Gasteiger partial charge >= 0.3 is 0 Å². The topological polar surface area (TPSA) is 52.6 Å². The van der Waals surface area contributed by atoms with E-state index in [4.69, 9.17) is 9.47 Å². The molecule has 1 aliphatic rings. The fourth-order valence-corrected chi connectivity index (χ4v) is 1.69. The lowest BCUT2D eigenvalue weighted by atomic mass is 9.89. The second-order valence-corrected chi connectivity index (χ2v) is 3.89. The average Bonchev–Trinajstić information content (AvgIpc) is 2.77. The molecular formula is C11H18O4. The van der Waals surface area contributed by atoms with Gasteiger partial charge in [-0.1, -0.05) is 0 Å². The zero-order chi connectivity index (χ0) is 11.3. The van der Waals surface area contributed by atoms with Crippen LogP contribution in [-0.2, 0) is 19.1 Å². The van der Waals surface area contributed by atoms with Crippen LogP contribution < -0.4 is 0 Å². The smallest absolute Gasteiger partial charge is 0.148 e. The average molecular weight is 214 g/mol. The van der Waals surface area contributed by atoms with Crippen molar-refractivity contribution in [2.24, 2.45) is 11.8 Å². The van der Waals surface area contributed by atoms with Crippen molar-refractivity contribution in [3.8, 4) is 0 Å². The molecule has 1 rings (SSSR count). The first-order chi connectivity index (χ1) is 7.16. The molecule has 0 aliphatic carbocycles. The summed E-state index contributed by atoms with van der Waals surface area (Å²) in [7, 11) is 1.55. The molecule has 0 aromatic rings. The Morgan fingerprint density at radius 2 is 2.27 bits per heavy atom. The summed E-state index contributed by atoms with van der Waals surface area (Å²) in [6, 6.07) is 0. The molecule has 0 saturated carbocycles. The molecule has 0 aromatic carbocycles. The van der Waals surface area contributed by atoms with Crippen molar-refractivity contribution in [1.82, 2.24) is 0 Å². The molecule has 1 fully saturated rings. The summed E-state index contributed by atoms with van der Waals surface area (Å²) in [5.41, 5.74) is 0. The van der Waals surface area contributed by atoms with Gasteiger partial charge in [-0.3, -0.25) is 9.59 Å². The highest BCUT2D eigenvalue weighted by atomic mass is 16.5. The molecule has 1 saturated heterocycles. The Bertz CT molecular complexity index is 231. The van der Waals surface area contributed by atoms with Gasteiger partial charge in [0.15, 0.2) is 0 Å². The minimum atomic E-state index is -0.508. The van der Waals surface area contributed by atoms with Crippen molar-refractivity contribution in [2.75, 3.05) is 26.9 Å². The number of hydrogen-bond donors (Lipinski definition) is 0. The van der Waals surface area contributed by atoms with Crippen LogP contribution in [0, 0.1) is 11.8 Å². The summed E-state index contributed by atoms with van der Waals surface area (Å²) in [6.07, 6.45) is 1.07. The number of hydrogen-bond acceptors (Lipinski definition) is 4. The fraction of sp³-hybridized carbons (Fsp3) is 0.818. The predicted octanol–water partition coefficient (Wildman–Crippen LogP) is 0.834. The third-order valence-electron chi connectivity index (χ3n) is 2.79. The van der Waals surface area contributed by atoms with E-state index in [0.29, 0.717) is 26.2 Å². The van der Waals surface area contributed by atoms with Gasteiger partial charge in [-0.05, 0) is 13.3 Å². The van der Waals surface area contributed by atoms with Gasteiger partial charge in [0.1, 0.15) is 11.6 Å². The Morgan fingerprint density at radius 3 is 2.80 bits per heavy atom. The van der Waals surface area contributed by atoms with Gasteiger partial charge in [0.25, 0.3) is 0 Å². The molecule has 2 atom stereocenters. The van der Waals surface area contributed by atoms with Crippen molar-refractivity contribution in [3.05, 3.63) is 0 Å². The lowest BCUT2D eigenvalue weighted by molar-refractivity contribution is -0.134. The van der Waals surface area contributed by atoms with Crippen molar-refractivity contribution < 1.29 is 19.1 Å². The largest absolute Gasteiger partial charge is 0.384 e. The van der Waals surface area contributed by atoms with Crippen LogP contribution in [0.5, 0.6) is 0 Å². The maximum Gasteiger partial charge on any atom is 0.148 e. The highest BCUT2D eigenvalue weighted by Crippen LogP contribution is 2.18. The van der Waals surface area contributed by atoms with Crippen LogP contribution in [0.25, 0.3) is 0 Å². The van der Waals surface area contributed by atoms with E-state index in [0.717, 1.165) is 6.42 Å². The lowest BCUT2D eigenvalue weighted by Crippen LogP contribution is -2.28. The molecule has 86 valence electrons. The molecule has 4 heteroatoms. The highest BCUT2D eigenvalue weighted by molar-refractivity contribution is 6.03. The molecule has 0 bridgehead atoms. The molecule has 1 heterocycles. The van der Waals surface area contributed by atoms with Crippen molar-refractivity contribution in [2.45, 2.75) is 19.8 Å². The van der Waals surface area contributed by atoms with Gasteiger partial charge in [-0.15, -0.1) is 0 Å². The minimum absolute atomic E-state index is 0.0219. The second kappa shape index (κ2) is 5.98. The van der Waals surface area contributed by atoms with Crippen LogP contribution in [0.3, 0.4) is 0 Å².